The average molecular weight is 432 g/mol. The number of carbonyl (C=O) groups excluding carboxylic acids is 2. The molecule has 2 heterocycles. The molecule has 6 nitrogen and oxygen atoms in total. The number of nitrogens with zero attached hydrogens (tertiary/aromatic N) is 2. The van der Waals surface area contributed by atoms with Crippen LogP contribution in [0.4, 0.5) is 0 Å². The van der Waals surface area contributed by atoms with Gasteiger partial charge in [0.25, 0.3) is 5.91 Å². The van der Waals surface area contributed by atoms with Crippen molar-refractivity contribution in [2.75, 3.05) is 19.6 Å². The van der Waals surface area contributed by atoms with Gasteiger partial charge in [-0.15, -0.1) is 0 Å². The topological polar surface area (TPSA) is 75.4 Å². The number of likely N-dealkylation sites (tertiary alicyclic amines) is 1. The van der Waals surface area contributed by atoms with Crippen LogP contribution < -0.4 is 5.32 Å². The number of hydrogen-bond acceptors (Lipinski definition) is 4. The second-order valence-electron chi connectivity index (χ2n) is 6.98. The van der Waals surface area contributed by atoms with Gasteiger partial charge >= 0.3 is 0 Å². The Morgan fingerprint density at radius 1 is 1.14 bits per heavy atom. The predicted molar refractivity (Wildman–Crippen MR) is 111 cm³/mol. The number of aromatic nitrogens is 1. The summed E-state index contributed by atoms with van der Waals surface area (Å²) in [5.74, 6) is 0.388. The Morgan fingerprint density at radius 3 is 2.62 bits per heavy atom. The lowest BCUT2D eigenvalue weighted by Gasteiger charge is -2.30. The van der Waals surface area contributed by atoms with Gasteiger partial charge in [-0.25, -0.2) is 4.98 Å². The zero-order chi connectivity index (χ0) is 20.4. The highest BCUT2D eigenvalue weighted by molar-refractivity contribution is 6.36. The third-order valence-electron chi connectivity index (χ3n) is 5.08. The molecule has 0 spiro atoms. The number of halogens is 2. The van der Waals surface area contributed by atoms with Gasteiger partial charge in [0.15, 0.2) is 11.5 Å². The molecular formula is C21H19Cl2N3O3. The molecular weight excluding hydrogens is 413 g/mol. The van der Waals surface area contributed by atoms with E-state index in [1.54, 1.807) is 11.0 Å². The molecule has 1 aromatic heterocycles. The number of carbonyl (C=O) groups is 2. The van der Waals surface area contributed by atoms with Gasteiger partial charge in [0, 0.05) is 24.0 Å². The number of benzene rings is 2. The number of oxazole rings is 1. The quantitative estimate of drug-likeness (QED) is 0.668. The van der Waals surface area contributed by atoms with Crippen LogP contribution in [0.3, 0.4) is 0 Å². The largest absolute Gasteiger partial charge is 0.440 e. The summed E-state index contributed by atoms with van der Waals surface area (Å²) >= 11 is 11.9. The van der Waals surface area contributed by atoms with E-state index in [0.717, 1.165) is 29.8 Å². The molecule has 29 heavy (non-hydrogen) atoms. The Balaban J connectivity index is 1.30. The number of piperidine rings is 1. The van der Waals surface area contributed by atoms with Gasteiger partial charge in [-0.2, -0.15) is 0 Å². The summed E-state index contributed by atoms with van der Waals surface area (Å²) in [6, 6.07) is 12.3. The van der Waals surface area contributed by atoms with Crippen LogP contribution in [0.5, 0.6) is 0 Å². The third kappa shape index (κ3) is 4.38. The van der Waals surface area contributed by atoms with E-state index in [-0.39, 0.29) is 23.4 Å². The van der Waals surface area contributed by atoms with Crippen molar-refractivity contribution in [3.05, 3.63) is 64.0 Å². The molecule has 1 N–H and O–H groups in total. The summed E-state index contributed by atoms with van der Waals surface area (Å²) in [5.41, 5.74) is 1.92. The normalized spacial score (nSPS) is 14.9. The summed E-state index contributed by atoms with van der Waals surface area (Å²) in [6.07, 6.45) is 1.55. The van der Waals surface area contributed by atoms with E-state index in [9.17, 15) is 9.59 Å². The van der Waals surface area contributed by atoms with Crippen LogP contribution in [-0.4, -0.2) is 41.3 Å². The van der Waals surface area contributed by atoms with Crippen molar-refractivity contribution < 1.29 is 14.0 Å². The van der Waals surface area contributed by atoms with Crippen molar-refractivity contribution in [2.24, 2.45) is 0 Å². The van der Waals surface area contributed by atoms with Gasteiger partial charge in [-0.05, 0) is 43.2 Å². The van der Waals surface area contributed by atoms with E-state index < -0.39 is 5.91 Å². The van der Waals surface area contributed by atoms with Crippen molar-refractivity contribution in [2.45, 2.75) is 18.8 Å². The number of fused-ring (bicyclic) bond motifs is 1. The molecule has 150 valence electrons. The van der Waals surface area contributed by atoms with Gasteiger partial charge in [-0.1, -0.05) is 35.3 Å². The average Bonchev–Trinajstić information content (AvgIpc) is 3.16. The van der Waals surface area contributed by atoms with E-state index in [2.05, 4.69) is 10.3 Å². The maximum absolute atomic E-state index is 12.5. The summed E-state index contributed by atoms with van der Waals surface area (Å²) in [7, 11) is 0. The zero-order valence-corrected chi connectivity index (χ0v) is 17.0. The Hall–Kier alpha value is -2.57. The maximum atomic E-state index is 12.5. The molecule has 1 fully saturated rings. The Bertz CT molecular complexity index is 1030. The Labute approximate surface area is 177 Å². The lowest BCUT2D eigenvalue weighted by Crippen LogP contribution is -2.43. The molecule has 0 aliphatic carbocycles. The molecule has 0 unspecified atom stereocenters. The van der Waals surface area contributed by atoms with Crippen LogP contribution in [-0.2, 0) is 4.79 Å². The zero-order valence-electron chi connectivity index (χ0n) is 15.5. The Morgan fingerprint density at radius 2 is 1.90 bits per heavy atom. The highest BCUT2D eigenvalue weighted by Crippen LogP contribution is 2.30. The first-order valence-electron chi connectivity index (χ1n) is 9.38. The first-order valence-corrected chi connectivity index (χ1v) is 10.1. The number of para-hydroxylation sites is 2. The van der Waals surface area contributed by atoms with Crippen LogP contribution in [0.2, 0.25) is 10.0 Å². The second-order valence-corrected chi connectivity index (χ2v) is 7.83. The number of nitrogens with one attached hydrogen (secondary N) is 1. The van der Waals surface area contributed by atoms with E-state index >= 15 is 0 Å². The van der Waals surface area contributed by atoms with Crippen molar-refractivity contribution in [1.82, 2.24) is 15.2 Å². The number of amides is 2. The molecule has 2 amide bonds. The van der Waals surface area contributed by atoms with Gasteiger partial charge < -0.3 is 14.6 Å². The predicted octanol–water partition coefficient (Wildman–Crippen LogP) is 4.27. The highest BCUT2D eigenvalue weighted by Gasteiger charge is 2.27. The first kappa shape index (κ1) is 19.7. The molecule has 8 heteroatoms. The van der Waals surface area contributed by atoms with Crippen LogP contribution in [0.25, 0.3) is 11.1 Å². The highest BCUT2D eigenvalue weighted by atomic mass is 35.5. The molecule has 1 aliphatic heterocycles. The van der Waals surface area contributed by atoms with Gasteiger partial charge in [0.2, 0.25) is 5.91 Å². The molecule has 0 bridgehead atoms. The van der Waals surface area contributed by atoms with Crippen LogP contribution >= 0.6 is 23.2 Å². The summed E-state index contributed by atoms with van der Waals surface area (Å²) in [6.45, 7) is 1.12. The van der Waals surface area contributed by atoms with Crippen molar-refractivity contribution in [1.29, 1.82) is 0 Å². The second kappa shape index (κ2) is 8.43. The fourth-order valence-corrected chi connectivity index (χ4v) is 3.97. The van der Waals surface area contributed by atoms with Gasteiger partial charge in [-0.3, -0.25) is 9.59 Å². The standard InChI is InChI=1S/C21H19Cl2N3O3/c22-14-5-6-15(16(23)11-14)20(28)24-12-19(27)26-9-7-13(8-10-26)21-25-17-3-1-2-4-18(17)29-21/h1-6,11,13H,7-10,12H2,(H,24,28). The molecule has 3 aromatic rings. The van der Waals surface area contributed by atoms with Crippen LogP contribution in [0.15, 0.2) is 46.9 Å². The van der Waals surface area contributed by atoms with Crippen molar-refractivity contribution in [3.8, 4) is 0 Å². The molecule has 1 aliphatic rings. The molecule has 0 saturated carbocycles. The summed E-state index contributed by atoms with van der Waals surface area (Å²) in [4.78, 5) is 31.0. The lowest BCUT2D eigenvalue weighted by molar-refractivity contribution is -0.131. The van der Waals surface area contributed by atoms with Gasteiger partial charge in [0.1, 0.15) is 5.52 Å². The third-order valence-corrected chi connectivity index (χ3v) is 5.63. The SMILES string of the molecule is O=C(NCC(=O)N1CCC(c2nc3ccccc3o2)CC1)c1ccc(Cl)cc1Cl. The minimum absolute atomic E-state index is 0.0780. The molecule has 1 saturated heterocycles. The van der Waals surface area contributed by atoms with E-state index in [4.69, 9.17) is 27.6 Å². The first-order chi connectivity index (χ1) is 14.0. The molecule has 0 radical (unpaired) electrons. The number of rotatable bonds is 4. The van der Waals surface area contributed by atoms with Crippen molar-refractivity contribution >= 4 is 46.1 Å². The minimum atomic E-state index is -0.402. The maximum Gasteiger partial charge on any atom is 0.253 e. The number of hydrogen-bond donors (Lipinski definition) is 1. The minimum Gasteiger partial charge on any atom is -0.440 e. The van der Waals surface area contributed by atoms with Crippen molar-refractivity contribution in [3.63, 3.8) is 0 Å². The summed E-state index contributed by atoms with van der Waals surface area (Å²) in [5, 5.41) is 3.33. The fourth-order valence-electron chi connectivity index (χ4n) is 3.48. The molecule has 4 rings (SSSR count). The lowest BCUT2D eigenvalue weighted by atomic mass is 9.97. The fraction of sp³-hybridized carbons (Fsp3) is 0.286. The monoisotopic (exact) mass is 431 g/mol. The summed E-state index contributed by atoms with van der Waals surface area (Å²) < 4.78 is 5.86. The van der Waals surface area contributed by atoms with E-state index in [0.29, 0.717) is 23.7 Å². The van der Waals surface area contributed by atoms with E-state index in [1.165, 1.54) is 12.1 Å². The Kier molecular flexibility index (Phi) is 5.74. The van der Waals surface area contributed by atoms with Gasteiger partial charge in [0.05, 0.1) is 17.1 Å². The molecule has 0 atom stereocenters. The van der Waals surface area contributed by atoms with Crippen LogP contribution in [0, 0.1) is 0 Å². The van der Waals surface area contributed by atoms with Crippen LogP contribution in [0.1, 0.15) is 35.0 Å². The smallest absolute Gasteiger partial charge is 0.253 e. The van der Waals surface area contributed by atoms with E-state index in [1.807, 2.05) is 24.3 Å². The molecule has 2 aromatic carbocycles.